The van der Waals surface area contributed by atoms with Crippen LogP contribution < -0.4 is 0 Å². The molecule has 1 atom stereocenters. The average Bonchev–Trinajstić information content (AvgIpc) is 2.17. The molecular formula is C14H21ClO. The lowest BCUT2D eigenvalue weighted by Crippen LogP contribution is -2.32. The van der Waals surface area contributed by atoms with Gasteiger partial charge in [0.1, 0.15) is 0 Å². The predicted octanol–water partition coefficient (Wildman–Crippen LogP) is 4.85. The molecule has 0 heterocycles. The van der Waals surface area contributed by atoms with Crippen molar-refractivity contribution in [2.24, 2.45) is 5.92 Å². The van der Waals surface area contributed by atoms with Crippen LogP contribution in [0.4, 0.5) is 0 Å². The summed E-state index contributed by atoms with van der Waals surface area (Å²) in [5, 5.41) is 0.763. The number of halogens is 1. The van der Waals surface area contributed by atoms with E-state index in [0.29, 0.717) is 5.92 Å². The Labute approximate surface area is 104 Å². The van der Waals surface area contributed by atoms with Gasteiger partial charge in [0.05, 0.1) is 11.7 Å². The second-order valence-electron chi connectivity index (χ2n) is 5.07. The first kappa shape index (κ1) is 13.5. The molecule has 0 saturated heterocycles. The molecular weight excluding hydrogens is 220 g/mol. The van der Waals surface area contributed by atoms with Crippen molar-refractivity contribution >= 4 is 11.6 Å². The molecule has 0 bridgehead atoms. The van der Waals surface area contributed by atoms with Gasteiger partial charge in [0.15, 0.2) is 0 Å². The summed E-state index contributed by atoms with van der Waals surface area (Å²) in [6, 6.07) is 7.84. The summed E-state index contributed by atoms with van der Waals surface area (Å²) in [4.78, 5) is 0. The third-order valence-electron chi connectivity index (χ3n) is 3.21. The quantitative estimate of drug-likeness (QED) is 0.731. The normalized spacial score (nSPS) is 14.2. The van der Waals surface area contributed by atoms with Crippen LogP contribution in [0.3, 0.4) is 0 Å². The Balaban J connectivity index is 2.72. The van der Waals surface area contributed by atoms with E-state index in [0.717, 1.165) is 10.6 Å². The highest BCUT2D eigenvalue weighted by atomic mass is 35.5. The minimum atomic E-state index is -0.112. The van der Waals surface area contributed by atoms with E-state index in [2.05, 4.69) is 34.6 Å². The molecule has 16 heavy (non-hydrogen) atoms. The zero-order valence-electron chi connectivity index (χ0n) is 10.8. The monoisotopic (exact) mass is 240 g/mol. The smallest absolute Gasteiger partial charge is 0.0804 e. The van der Waals surface area contributed by atoms with Gasteiger partial charge in [0.25, 0.3) is 0 Å². The Morgan fingerprint density at radius 3 is 2.00 bits per heavy atom. The second kappa shape index (κ2) is 5.20. The van der Waals surface area contributed by atoms with E-state index >= 15 is 0 Å². The third-order valence-corrected chi connectivity index (χ3v) is 3.46. The molecule has 1 unspecified atom stereocenters. The van der Waals surface area contributed by atoms with E-state index in [9.17, 15) is 0 Å². The molecule has 0 saturated carbocycles. The van der Waals surface area contributed by atoms with Crippen molar-refractivity contribution in [1.82, 2.24) is 0 Å². The Hall–Kier alpha value is -0.530. The highest BCUT2D eigenvalue weighted by Crippen LogP contribution is 2.29. The molecule has 0 fully saturated rings. The molecule has 0 amide bonds. The molecule has 1 aromatic rings. The van der Waals surface area contributed by atoms with Crippen LogP contribution in [0, 0.1) is 5.92 Å². The van der Waals surface area contributed by atoms with Crippen molar-refractivity contribution in [3.63, 3.8) is 0 Å². The second-order valence-corrected chi connectivity index (χ2v) is 5.51. The minimum absolute atomic E-state index is 0.0923. The summed E-state index contributed by atoms with van der Waals surface area (Å²) >= 11 is 5.86. The molecule has 2 heteroatoms. The fourth-order valence-electron chi connectivity index (χ4n) is 1.39. The molecule has 0 aliphatic heterocycles. The lowest BCUT2D eigenvalue weighted by atomic mass is 9.94. The van der Waals surface area contributed by atoms with Gasteiger partial charge in [-0.1, -0.05) is 37.6 Å². The molecule has 1 rings (SSSR count). The largest absolute Gasteiger partial charge is 0.368 e. The third kappa shape index (κ3) is 3.50. The van der Waals surface area contributed by atoms with Crippen LogP contribution in [0.15, 0.2) is 24.3 Å². The zero-order chi connectivity index (χ0) is 12.3. The average molecular weight is 241 g/mol. The van der Waals surface area contributed by atoms with E-state index in [1.165, 1.54) is 0 Å². The summed E-state index contributed by atoms with van der Waals surface area (Å²) in [5.41, 5.74) is 1.05. The first-order valence-electron chi connectivity index (χ1n) is 5.76. The van der Waals surface area contributed by atoms with Crippen LogP contribution in [0.5, 0.6) is 0 Å². The van der Waals surface area contributed by atoms with Crippen molar-refractivity contribution in [2.75, 3.05) is 0 Å². The number of rotatable bonds is 4. The molecule has 1 nitrogen and oxygen atoms in total. The number of benzene rings is 1. The van der Waals surface area contributed by atoms with Crippen LogP contribution in [-0.4, -0.2) is 5.60 Å². The van der Waals surface area contributed by atoms with Gasteiger partial charge in [0.2, 0.25) is 0 Å². The van der Waals surface area contributed by atoms with Crippen LogP contribution >= 0.6 is 11.6 Å². The van der Waals surface area contributed by atoms with Crippen molar-refractivity contribution < 1.29 is 4.74 Å². The topological polar surface area (TPSA) is 9.23 Å². The van der Waals surface area contributed by atoms with Gasteiger partial charge >= 0.3 is 0 Å². The highest BCUT2D eigenvalue weighted by molar-refractivity contribution is 6.30. The fourth-order valence-corrected chi connectivity index (χ4v) is 1.52. The van der Waals surface area contributed by atoms with E-state index in [-0.39, 0.29) is 11.7 Å². The number of ether oxygens (including phenoxy) is 1. The molecule has 1 aromatic carbocycles. The standard InChI is InChI=1S/C14H21ClO/c1-10(2)14(4,5)16-11(3)12-6-8-13(15)9-7-12/h6-11H,1-5H3. The Morgan fingerprint density at radius 2 is 1.56 bits per heavy atom. The molecule has 0 radical (unpaired) electrons. The summed E-state index contributed by atoms with van der Waals surface area (Å²) in [5.74, 6) is 0.488. The maximum atomic E-state index is 6.08. The van der Waals surface area contributed by atoms with E-state index in [1.807, 2.05) is 24.3 Å². The highest BCUT2D eigenvalue weighted by Gasteiger charge is 2.25. The van der Waals surface area contributed by atoms with Gasteiger partial charge < -0.3 is 4.74 Å². The molecule has 0 spiro atoms. The number of hydrogen-bond donors (Lipinski definition) is 0. The summed E-state index contributed by atoms with van der Waals surface area (Å²) < 4.78 is 6.08. The first-order valence-corrected chi connectivity index (χ1v) is 6.14. The van der Waals surface area contributed by atoms with Crippen LogP contribution in [0.25, 0.3) is 0 Å². The van der Waals surface area contributed by atoms with Gasteiger partial charge in [0, 0.05) is 5.02 Å². The molecule has 0 aliphatic carbocycles. The fraction of sp³-hybridized carbons (Fsp3) is 0.571. The van der Waals surface area contributed by atoms with Crippen molar-refractivity contribution in [3.8, 4) is 0 Å². The Bertz CT molecular complexity index is 327. The summed E-state index contributed by atoms with van der Waals surface area (Å²) in [6.07, 6.45) is 0.0923. The van der Waals surface area contributed by atoms with Crippen LogP contribution in [0.1, 0.15) is 46.3 Å². The van der Waals surface area contributed by atoms with Gasteiger partial charge in [-0.05, 0) is 44.4 Å². The SMILES string of the molecule is CC(OC(C)(C)C(C)C)c1ccc(Cl)cc1. The molecule has 0 aliphatic rings. The van der Waals surface area contributed by atoms with Crippen LogP contribution in [0.2, 0.25) is 5.02 Å². The lowest BCUT2D eigenvalue weighted by molar-refractivity contribution is -0.0927. The summed E-state index contributed by atoms with van der Waals surface area (Å²) in [6.45, 7) is 10.7. The van der Waals surface area contributed by atoms with Crippen molar-refractivity contribution in [3.05, 3.63) is 34.9 Å². The minimum Gasteiger partial charge on any atom is -0.368 e. The van der Waals surface area contributed by atoms with Gasteiger partial charge in [-0.15, -0.1) is 0 Å². The number of hydrogen-bond acceptors (Lipinski definition) is 1. The summed E-state index contributed by atoms with van der Waals surface area (Å²) in [7, 11) is 0. The maximum absolute atomic E-state index is 6.08. The molecule has 0 aromatic heterocycles. The lowest BCUT2D eigenvalue weighted by Gasteiger charge is -2.33. The van der Waals surface area contributed by atoms with E-state index in [4.69, 9.17) is 16.3 Å². The van der Waals surface area contributed by atoms with Gasteiger partial charge in [-0.25, -0.2) is 0 Å². The zero-order valence-corrected chi connectivity index (χ0v) is 11.5. The Morgan fingerprint density at radius 1 is 1.06 bits per heavy atom. The first-order chi connectivity index (χ1) is 7.33. The molecule has 90 valence electrons. The van der Waals surface area contributed by atoms with Crippen molar-refractivity contribution in [1.29, 1.82) is 0 Å². The van der Waals surface area contributed by atoms with Crippen LogP contribution in [-0.2, 0) is 4.74 Å². The predicted molar refractivity (Wildman–Crippen MR) is 69.9 cm³/mol. The van der Waals surface area contributed by atoms with Crippen molar-refractivity contribution in [2.45, 2.75) is 46.3 Å². The van der Waals surface area contributed by atoms with Gasteiger partial charge in [-0.2, -0.15) is 0 Å². The molecule has 0 N–H and O–H groups in total. The maximum Gasteiger partial charge on any atom is 0.0804 e. The Kier molecular flexibility index (Phi) is 4.40. The van der Waals surface area contributed by atoms with E-state index in [1.54, 1.807) is 0 Å². The van der Waals surface area contributed by atoms with Gasteiger partial charge in [-0.3, -0.25) is 0 Å². The van der Waals surface area contributed by atoms with E-state index < -0.39 is 0 Å².